The summed E-state index contributed by atoms with van der Waals surface area (Å²) in [5, 5.41) is 0. The number of amides is 2. The summed E-state index contributed by atoms with van der Waals surface area (Å²) in [5.74, 6) is 1.05. The van der Waals surface area contributed by atoms with Gasteiger partial charge in [-0.3, -0.25) is 9.59 Å². The Morgan fingerprint density at radius 1 is 0.857 bits per heavy atom. The molecule has 0 saturated carbocycles. The number of piperidine rings is 1. The molecule has 2 aromatic rings. The Balaban J connectivity index is 1.20. The molecule has 186 valence electrons. The SMILES string of the molecule is O=C(c1ccc(C(F)(F)F)cc1)N1CCC(C(=O)N2CCCC2c2ccc3c(c2)OCCO3)CC1. The van der Waals surface area contributed by atoms with Crippen molar-refractivity contribution in [1.82, 2.24) is 9.80 Å². The highest BCUT2D eigenvalue weighted by Gasteiger charge is 2.37. The van der Waals surface area contributed by atoms with Crippen molar-refractivity contribution < 1.29 is 32.2 Å². The maximum absolute atomic E-state index is 13.4. The maximum atomic E-state index is 13.4. The van der Waals surface area contributed by atoms with Crippen molar-refractivity contribution in [3.8, 4) is 11.5 Å². The van der Waals surface area contributed by atoms with Crippen LogP contribution < -0.4 is 9.47 Å². The summed E-state index contributed by atoms with van der Waals surface area (Å²) in [6.07, 6.45) is -1.55. The van der Waals surface area contributed by atoms with Gasteiger partial charge in [-0.15, -0.1) is 0 Å². The molecule has 0 aliphatic carbocycles. The number of carbonyl (C=O) groups is 2. The molecule has 1 atom stereocenters. The lowest BCUT2D eigenvalue weighted by molar-refractivity contribution is -0.138. The fourth-order valence-electron chi connectivity index (χ4n) is 5.19. The number of nitrogens with zero attached hydrogens (tertiary/aromatic N) is 2. The summed E-state index contributed by atoms with van der Waals surface area (Å²) in [5.41, 5.74) is 0.479. The Morgan fingerprint density at radius 2 is 1.54 bits per heavy atom. The molecule has 5 rings (SSSR count). The number of likely N-dealkylation sites (tertiary alicyclic amines) is 2. The Bertz CT molecular complexity index is 1090. The van der Waals surface area contributed by atoms with Crippen LogP contribution in [0.15, 0.2) is 42.5 Å². The average Bonchev–Trinajstić information content (AvgIpc) is 3.37. The highest BCUT2D eigenvalue weighted by molar-refractivity contribution is 5.94. The summed E-state index contributed by atoms with van der Waals surface area (Å²) >= 11 is 0. The lowest BCUT2D eigenvalue weighted by atomic mass is 9.93. The zero-order valence-electron chi connectivity index (χ0n) is 19.2. The Labute approximate surface area is 201 Å². The highest BCUT2D eigenvalue weighted by atomic mass is 19.4. The summed E-state index contributed by atoms with van der Waals surface area (Å²) in [6, 6.07) is 10.1. The van der Waals surface area contributed by atoms with E-state index in [2.05, 4.69) is 0 Å². The maximum Gasteiger partial charge on any atom is 0.416 e. The number of ether oxygens (including phenoxy) is 2. The van der Waals surface area contributed by atoms with Gasteiger partial charge in [0.05, 0.1) is 11.6 Å². The van der Waals surface area contributed by atoms with E-state index in [4.69, 9.17) is 9.47 Å². The third-order valence-electron chi connectivity index (χ3n) is 7.08. The van der Waals surface area contributed by atoms with E-state index in [9.17, 15) is 22.8 Å². The number of hydrogen-bond donors (Lipinski definition) is 0. The van der Waals surface area contributed by atoms with Crippen molar-refractivity contribution in [2.45, 2.75) is 37.9 Å². The molecule has 0 spiro atoms. The minimum atomic E-state index is -4.44. The molecular weight excluding hydrogens is 461 g/mol. The third-order valence-corrected chi connectivity index (χ3v) is 7.08. The van der Waals surface area contributed by atoms with E-state index in [-0.39, 0.29) is 29.3 Å². The Kier molecular flexibility index (Phi) is 6.34. The van der Waals surface area contributed by atoms with Crippen LogP contribution in [0.1, 0.15) is 53.2 Å². The van der Waals surface area contributed by atoms with Crippen molar-refractivity contribution in [3.05, 3.63) is 59.2 Å². The van der Waals surface area contributed by atoms with E-state index in [1.54, 1.807) is 4.90 Å². The van der Waals surface area contributed by atoms with Crippen LogP contribution in [0.5, 0.6) is 11.5 Å². The quantitative estimate of drug-likeness (QED) is 0.629. The van der Waals surface area contributed by atoms with Gasteiger partial charge in [0.15, 0.2) is 11.5 Å². The topological polar surface area (TPSA) is 59.1 Å². The van der Waals surface area contributed by atoms with E-state index in [1.165, 1.54) is 12.1 Å². The van der Waals surface area contributed by atoms with Crippen molar-refractivity contribution in [2.75, 3.05) is 32.8 Å². The summed E-state index contributed by atoms with van der Waals surface area (Å²) < 4.78 is 49.7. The van der Waals surface area contributed by atoms with Crippen molar-refractivity contribution in [3.63, 3.8) is 0 Å². The van der Waals surface area contributed by atoms with Gasteiger partial charge in [-0.2, -0.15) is 13.2 Å². The van der Waals surface area contributed by atoms with Crippen LogP contribution in [-0.4, -0.2) is 54.5 Å². The van der Waals surface area contributed by atoms with Crippen LogP contribution in [-0.2, 0) is 11.0 Å². The molecule has 0 radical (unpaired) electrons. The third kappa shape index (κ3) is 4.81. The molecule has 2 saturated heterocycles. The zero-order chi connectivity index (χ0) is 24.6. The lowest BCUT2D eigenvalue weighted by Crippen LogP contribution is -2.44. The van der Waals surface area contributed by atoms with Gasteiger partial charge < -0.3 is 19.3 Å². The van der Waals surface area contributed by atoms with Gasteiger partial charge in [-0.1, -0.05) is 6.07 Å². The lowest BCUT2D eigenvalue weighted by Gasteiger charge is -2.35. The number of halogens is 3. The average molecular weight is 489 g/mol. The Hall–Kier alpha value is -3.23. The van der Waals surface area contributed by atoms with E-state index in [1.807, 2.05) is 23.1 Å². The van der Waals surface area contributed by atoms with Crippen LogP contribution in [0, 0.1) is 5.92 Å². The molecule has 2 fully saturated rings. The second kappa shape index (κ2) is 9.43. The van der Waals surface area contributed by atoms with Crippen LogP contribution in [0.25, 0.3) is 0 Å². The molecule has 35 heavy (non-hydrogen) atoms. The van der Waals surface area contributed by atoms with E-state index >= 15 is 0 Å². The van der Waals surface area contributed by atoms with E-state index < -0.39 is 11.7 Å². The minimum Gasteiger partial charge on any atom is -0.486 e. The van der Waals surface area contributed by atoms with Crippen molar-refractivity contribution in [1.29, 1.82) is 0 Å². The number of hydrogen-bond acceptors (Lipinski definition) is 4. The second-order valence-electron chi connectivity index (χ2n) is 9.23. The molecule has 2 aromatic carbocycles. The number of fused-ring (bicyclic) bond motifs is 1. The largest absolute Gasteiger partial charge is 0.486 e. The van der Waals surface area contributed by atoms with Crippen LogP contribution in [0.2, 0.25) is 0 Å². The zero-order valence-corrected chi connectivity index (χ0v) is 19.2. The smallest absolute Gasteiger partial charge is 0.416 e. The summed E-state index contributed by atoms with van der Waals surface area (Å²) in [6.45, 7) is 2.54. The van der Waals surface area contributed by atoms with Gasteiger partial charge in [0.1, 0.15) is 13.2 Å². The fourth-order valence-corrected chi connectivity index (χ4v) is 5.19. The van der Waals surface area contributed by atoms with Gasteiger partial charge in [0.25, 0.3) is 5.91 Å². The van der Waals surface area contributed by atoms with Crippen LogP contribution >= 0.6 is 0 Å². The van der Waals surface area contributed by atoms with Crippen molar-refractivity contribution >= 4 is 11.8 Å². The number of benzene rings is 2. The number of alkyl halides is 3. The molecule has 3 heterocycles. The summed E-state index contributed by atoms with van der Waals surface area (Å²) in [7, 11) is 0. The molecule has 9 heteroatoms. The first-order valence-electron chi connectivity index (χ1n) is 12.0. The van der Waals surface area contributed by atoms with Gasteiger partial charge >= 0.3 is 6.18 Å². The normalized spacial score (nSPS) is 20.7. The van der Waals surface area contributed by atoms with Gasteiger partial charge in [0, 0.05) is 31.1 Å². The fraction of sp³-hybridized carbons (Fsp3) is 0.462. The van der Waals surface area contributed by atoms with Crippen LogP contribution in [0.4, 0.5) is 13.2 Å². The number of carbonyl (C=O) groups excluding carboxylic acids is 2. The monoisotopic (exact) mass is 488 g/mol. The first-order chi connectivity index (χ1) is 16.8. The highest BCUT2D eigenvalue weighted by Crippen LogP contribution is 2.39. The molecule has 0 aromatic heterocycles. The molecule has 1 unspecified atom stereocenters. The Morgan fingerprint density at radius 3 is 2.23 bits per heavy atom. The van der Waals surface area contributed by atoms with Gasteiger partial charge in [-0.05, 0) is 67.6 Å². The second-order valence-corrected chi connectivity index (χ2v) is 9.23. The van der Waals surface area contributed by atoms with Gasteiger partial charge in [0.2, 0.25) is 5.91 Å². The summed E-state index contributed by atoms with van der Waals surface area (Å²) in [4.78, 5) is 29.8. The van der Waals surface area contributed by atoms with E-state index in [0.29, 0.717) is 51.4 Å². The molecule has 6 nitrogen and oxygen atoms in total. The predicted octanol–water partition coefficient (Wildman–Crippen LogP) is 4.69. The molecule has 3 aliphatic heterocycles. The molecule has 0 N–H and O–H groups in total. The predicted molar refractivity (Wildman–Crippen MR) is 121 cm³/mol. The first kappa shape index (κ1) is 23.5. The van der Waals surface area contributed by atoms with Crippen LogP contribution in [0.3, 0.4) is 0 Å². The van der Waals surface area contributed by atoms with E-state index in [0.717, 1.165) is 36.3 Å². The molecular formula is C26H27F3N2O4. The number of rotatable bonds is 3. The molecule has 2 amide bonds. The van der Waals surface area contributed by atoms with Gasteiger partial charge in [-0.25, -0.2) is 0 Å². The molecule has 3 aliphatic rings. The standard InChI is InChI=1S/C26H27F3N2O4/c27-26(28,29)20-6-3-17(4-7-20)24(32)30-12-9-18(10-13-30)25(33)31-11-1-2-21(31)19-5-8-22-23(16-19)35-15-14-34-22/h3-8,16,18,21H,1-2,9-15H2. The first-order valence-corrected chi connectivity index (χ1v) is 12.0. The molecule has 0 bridgehead atoms. The van der Waals surface area contributed by atoms with Crippen molar-refractivity contribution in [2.24, 2.45) is 5.92 Å². The minimum absolute atomic E-state index is 0.00913.